The highest BCUT2D eigenvalue weighted by Crippen LogP contribution is 2.21. The van der Waals surface area contributed by atoms with Gasteiger partial charge in [0, 0.05) is 32.2 Å². The van der Waals surface area contributed by atoms with E-state index in [1.165, 1.54) is 11.0 Å². The van der Waals surface area contributed by atoms with Gasteiger partial charge in [-0.25, -0.2) is 13.6 Å². The van der Waals surface area contributed by atoms with Crippen LogP contribution in [0.1, 0.15) is 12.8 Å². The quantitative estimate of drug-likeness (QED) is 0.885. The Bertz CT molecular complexity index is 650. The number of hydrogen-bond acceptors (Lipinski definition) is 3. The maximum atomic E-state index is 13.7. The number of carbonyl (C=O) groups excluding carboxylic acids is 2. The molecule has 1 unspecified atom stereocenters. The largest absolute Gasteiger partial charge is 0.378 e. The third-order valence-corrected chi connectivity index (χ3v) is 4.55. The number of benzene rings is 1. The van der Waals surface area contributed by atoms with Gasteiger partial charge >= 0.3 is 6.03 Å². The molecule has 0 radical (unpaired) electrons. The molecule has 0 aliphatic carbocycles. The Morgan fingerprint density at radius 3 is 2.60 bits per heavy atom. The SMILES string of the molecule is O=C(Nc1ccc(F)cc1F)N1CCCC(C(=O)N2CCOCC2)C1. The van der Waals surface area contributed by atoms with Crippen LogP contribution in [-0.2, 0) is 9.53 Å². The van der Waals surface area contributed by atoms with Crippen LogP contribution in [0.15, 0.2) is 18.2 Å². The number of carbonyl (C=O) groups is 2. The zero-order valence-corrected chi connectivity index (χ0v) is 13.8. The summed E-state index contributed by atoms with van der Waals surface area (Å²) >= 11 is 0. The Morgan fingerprint density at radius 1 is 1.12 bits per heavy atom. The molecule has 2 heterocycles. The molecule has 3 amide bonds. The fourth-order valence-corrected chi connectivity index (χ4v) is 3.19. The highest BCUT2D eigenvalue weighted by molar-refractivity contribution is 5.90. The standard InChI is InChI=1S/C17H21F2N3O3/c18-13-3-4-15(14(19)10-13)20-17(24)22-5-1-2-12(11-22)16(23)21-6-8-25-9-7-21/h3-4,10,12H,1-2,5-9,11H2,(H,20,24). The van der Waals surface area contributed by atoms with Crippen LogP contribution in [0.4, 0.5) is 19.3 Å². The summed E-state index contributed by atoms with van der Waals surface area (Å²) in [6.07, 6.45) is 1.44. The van der Waals surface area contributed by atoms with E-state index in [4.69, 9.17) is 4.74 Å². The molecule has 136 valence electrons. The summed E-state index contributed by atoms with van der Waals surface area (Å²) in [6, 6.07) is 2.50. The number of morpholine rings is 1. The normalized spacial score (nSPS) is 21.1. The average molecular weight is 353 g/mol. The molecule has 1 atom stereocenters. The van der Waals surface area contributed by atoms with E-state index in [0.29, 0.717) is 45.8 Å². The number of amides is 3. The van der Waals surface area contributed by atoms with E-state index in [9.17, 15) is 18.4 Å². The lowest BCUT2D eigenvalue weighted by Gasteiger charge is -2.36. The number of rotatable bonds is 2. The van der Waals surface area contributed by atoms with Gasteiger partial charge < -0.3 is 19.9 Å². The van der Waals surface area contributed by atoms with Crippen LogP contribution in [0, 0.1) is 17.6 Å². The lowest BCUT2D eigenvalue weighted by Crippen LogP contribution is -2.50. The summed E-state index contributed by atoms with van der Waals surface area (Å²) in [5.41, 5.74) is -0.0759. The summed E-state index contributed by atoms with van der Waals surface area (Å²) in [4.78, 5) is 28.2. The molecular formula is C17H21F2N3O3. The third-order valence-electron chi connectivity index (χ3n) is 4.55. The molecule has 2 fully saturated rings. The van der Waals surface area contributed by atoms with Crippen LogP contribution in [-0.4, -0.2) is 61.1 Å². The van der Waals surface area contributed by atoms with E-state index in [0.717, 1.165) is 18.6 Å². The smallest absolute Gasteiger partial charge is 0.321 e. The molecular weight excluding hydrogens is 332 g/mol. The minimum Gasteiger partial charge on any atom is -0.378 e. The molecule has 2 saturated heterocycles. The van der Waals surface area contributed by atoms with Crippen LogP contribution in [0.2, 0.25) is 0 Å². The van der Waals surface area contributed by atoms with Gasteiger partial charge in [-0.3, -0.25) is 4.79 Å². The lowest BCUT2D eigenvalue weighted by molar-refractivity contribution is -0.141. The molecule has 1 aromatic rings. The van der Waals surface area contributed by atoms with Gasteiger partial charge in [-0.05, 0) is 25.0 Å². The maximum absolute atomic E-state index is 13.7. The Kier molecular flexibility index (Phi) is 5.47. The molecule has 6 nitrogen and oxygen atoms in total. The van der Waals surface area contributed by atoms with Crippen molar-refractivity contribution in [2.45, 2.75) is 12.8 Å². The van der Waals surface area contributed by atoms with Crippen LogP contribution in [0.5, 0.6) is 0 Å². The van der Waals surface area contributed by atoms with E-state index in [1.807, 2.05) is 0 Å². The van der Waals surface area contributed by atoms with Crippen LogP contribution in [0.25, 0.3) is 0 Å². The maximum Gasteiger partial charge on any atom is 0.321 e. The van der Waals surface area contributed by atoms with Crippen molar-refractivity contribution in [2.24, 2.45) is 5.92 Å². The number of likely N-dealkylation sites (tertiary alicyclic amines) is 1. The van der Waals surface area contributed by atoms with Crippen molar-refractivity contribution in [3.05, 3.63) is 29.8 Å². The molecule has 25 heavy (non-hydrogen) atoms. The number of urea groups is 1. The summed E-state index contributed by atoms with van der Waals surface area (Å²) in [6.45, 7) is 3.01. The Labute approximate surface area is 144 Å². The van der Waals surface area contributed by atoms with Gasteiger partial charge in [-0.2, -0.15) is 0 Å². The zero-order valence-electron chi connectivity index (χ0n) is 13.8. The van der Waals surface area contributed by atoms with Gasteiger partial charge in [0.15, 0.2) is 0 Å². The van der Waals surface area contributed by atoms with Gasteiger partial charge in [-0.1, -0.05) is 0 Å². The summed E-state index contributed by atoms with van der Waals surface area (Å²) < 4.78 is 31.9. The molecule has 0 bridgehead atoms. The first kappa shape index (κ1) is 17.6. The van der Waals surface area contributed by atoms with E-state index >= 15 is 0 Å². The number of nitrogens with zero attached hydrogens (tertiary/aromatic N) is 2. The van der Waals surface area contributed by atoms with Gasteiger partial charge in [0.05, 0.1) is 24.8 Å². The molecule has 2 aliphatic rings. The fourth-order valence-electron chi connectivity index (χ4n) is 3.19. The molecule has 0 saturated carbocycles. The Morgan fingerprint density at radius 2 is 1.88 bits per heavy atom. The molecule has 0 aromatic heterocycles. The van der Waals surface area contributed by atoms with Gasteiger partial charge in [0.25, 0.3) is 0 Å². The van der Waals surface area contributed by atoms with Crippen molar-refractivity contribution in [3.8, 4) is 0 Å². The van der Waals surface area contributed by atoms with E-state index in [2.05, 4.69) is 5.32 Å². The Hall–Kier alpha value is -2.22. The second kappa shape index (κ2) is 7.77. The van der Waals surface area contributed by atoms with Crippen LogP contribution in [0.3, 0.4) is 0 Å². The van der Waals surface area contributed by atoms with E-state index < -0.39 is 17.7 Å². The predicted octanol–water partition coefficient (Wildman–Crippen LogP) is 2.07. The van der Waals surface area contributed by atoms with Crippen molar-refractivity contribution in [2.75, 3.05) is 44.7 Å². The third kappa shape index (κ3) is 4.25. The van der Waals surface area contributed by atoms with Crippen molar-refractivity contribution < 1.29 is 23.1 Å². The minimum atomic E-state index is -0.827. The lowest BCUT2D eigenvalue weighted by atomic mass is 9.96. The summed E-state index contributed by atoms with van der Waals surface area (Å²) in [5, 5.41) is 2.45. The molecule has 1 aromatic carbocycles. The average Bonchev–Trinajstić information content (AvgIpc) is 2.64. The van der Waals surface area contributed by atoms with Crippen molar-refractivity contribution in [1.82, 2.24) is 9.80 Å². The van der Waals surface area contributed by atoms with Crippen LogP contribution < -0.4 is 5.32 Å². The van der Waals surface area contributed by atoms with Gasteiger partial charge in [0.2, 0.25) is 5.91 Å². The number of ether oxygens (including phenoxy) is 1. The van der Waals surface area contributed by atoms with Crippen LogP contribution >= 0.6 is 0 Å². The predicted molar refractivity (Wildman–Crippen MR) is 87.1 cm³/mol. The molecule has 3 rings (SSSR count). The minimum absolute atomic E-state index is 0.0359. The summed E-state index contributed by atoms with van der Waals surface area (Å²) in [7, 11) is 0. The number of hydrogen-bond donors (Lipinski definition) is 1. The second-order valence-corrected chi connectivity index (χ2v) is 6.28. The van der Waals surface area contributed by atoms with Crippen molar-refractivity contribution >= 4 is 17.6 Å². The first-order chi connectivity index (χ1) is 12.0. The molecule has 1 N–H and O–H groups in total. The number of anilines is 1. The van der Waals surface area contributed by atoms with Crippen molar-refractivity contribution in [1.29, 1.82) is 0 Å². The number of piperidine rings is 1. The zero-order chi connectivity index (χ0) is 17.8. The summed E-state index contributed by atoms with van der Waals surface area (Å²) in [5.74, 6) is -1.75. The van der Waals surface area contributed by atoms with Gasteiger partial charge in [-0.15, -0.1) is 0 Å². The second-order valence-electron chi connectivity index (χ2n) is 6.28. The van der Waals surface area contributed by atoms with Gasteiger partial charge in [0.1, 0.15) is 11.6 Å². The molecule has 0 spiro atoms. The molecule has 8 heteroatoms. The van der Waals surface area contributed by atoms with Crippen molar-refractivity contribution in [3.63, 3.8) is 0 Å². The Balaban J connectivity index is 1.60. The first-order valence-corrected chi connectivity index (χ1v) is 8.42. The highest BCUT2D eigenvalue weighted by Gasteiger charge is 2.32. The number of nitrogens with one attached hydrogen (secondary N) is 1. The topological polar surface area (TPSA) is 61.9 Å². The fraction of sp³-hybridized carbons (Fsp3) is 0.529. The first-order valence-electron chi connectivity index (χ1n) is 8.42. The highest BCUT2D eigenvalue weighted by atomic mass is 19.1. The number of halogens is 2. The van der Waals surface area contributed by atoms with E-state index in [-0.39, 0.29) is 17.5 Å². The monoisotopic (exact) mass is 353 g/mol. The molecule has 2 aliphatic heterocycles. The van der Waals surface area contributed by atoms with E-state index in [1.54, 1.807) is 4.90 Å².